The highest BCUT2D eigenvalue weighted by atomic mass is 32.1. The van der Waals surface area contributed by atoms with Crippen molar-refractivity contribution in [2.75, 3.05) is 0 Å². The number of benzene rings is 1. The molecule has 0 N–H and O–H groups in total. The van der Waals surface area contributed by atoms with Gasteiger partial charge in [0.1, 0.15) is 10.0 Å². The molecule has 1 fully saturated rings. The molecule has 0 aliphatic heterocycles. The summed E-state index contributed by atoms with van der Waals surface area (Å²) in [4.78, 5) is 0. The summed E-state index contributed by atoms with van der Waals surface area (Å²) in [6, 6.07) is 9.69. The van der Waals surface area contributed by atoms with Crippen LogP contribution in [-0.2, 0) is 0 Å². The molecule has 1 aromatic heterocycles. The van der Waals surface area contributed by atoms with Crippen molar-refractivity contribution in [1.29, 1.82) is 5.26 Å². The van der Waals surface area contributed by atoms with Crippen molar-refractivity contribution in [3.8, 4) is 16.6 Å². The fraction of sp³-hybridized carbons (Fsp3) is 0.400. The first-order chi connectivity index (χ1) is 9.36. The van der Waals surface area contributed by atoms with Crippen LogP contribution in [0, 0.1) is 11.3 Å². The maximum Gasteiger partial charge on any atom is 0.147 e. The van der Waals surface area contributed by atoms with Crippen LogP contribution in [0.1, 0.15) is 48.6 Å². The predicted molar refractivity (Wildman–Crippen MR) is 75.9 cm³/mol. The van der Waals surface area contributed by atoms with Crippen molar-refractivity contribution >= 4 is 11.3 Å². The zero-order chi connectivity index (χ0) is 13.1. The SMILES string of the molecule is N#Cc1ccc(-c2nnc(C3CCCCC3)s2)cc1. The molecular formula is C15H15N3S. The van der Waals surface area contributed by atoms with Crippen molar-refractivity contribution in [3.63, 3.8) is 0 Å². The van der Waals surface area contributed by atoms with E-state index in [0.717, 1.165) is 10.6 Å². The third-order valence-electron chi connectivity index (χ3n) is 3.66. The maximum atomic E-state index is 8.80. The first-order valence-electron chi connectivity index (χ1n) is 6.71. The van der Waals surface area contributed by atoms with Crippen LogP contribution >= 0.6 is 11.3 Å². The average Bonchev–Trinajstić information content (AvgIpc) is 2.98. The molecule has 1 aliphatic rings. The van der Waals surface area contributed by atoms with Crippen LogP contribution in [0.25, 0.3) is 10.6 Å². The van der Waals surface area contributed by atoms with Gasteiger partial charge in [-0.15, -0.1) is 10.2 Å². The van der Waals surface area contributed by atoms with E-state index in [1.165, 1.54) is 37.1 Å². The van der Waals surface area contributed by atoms with E-state index in [1.807, 2.05) is 24.3 Å². The van der Waals surface area contributed by atoms with Crippen LogP contribution in [0.4, 0.5) is 0 Å². The Labute approximate surface area is 116 Å². The van der Waals surface area contributed by atoms with Crippen molar-refractivity contribution in [2.24, 2.45) is 0 Å². The van der Waals surface area contributed by atoms with Gasteiger partial charge in [0.2, 0.25) is 0 Å². The lowest BCUT2D eigenvalue weighted by Gasteiger charge is -2.18. The smallest absolute Gasteiger partial charge is 0.147 e. The Morgan fingerprint density at radius 3 is 2.47 bits per heavy atom. The summed E-state index contributed by atoms with van der Waals surface area (Å²) >= 11 is 1.70. The van der Waals surface area contributed by atoms with E-state index in [2.05, 4.69) is 16.3 Å². The fourth-order valence-corrected chi connectivity index (χ4v) is 3.57. The van der Waals surface area contributed by atoms with Gasteiger partial charge in [0, 0.05) is 11.5 Å². The quantitative estimate of drug-likeness (QED) is 0.823. The third kappa shape index (κ3) is 2.66. The molecule has 0 unspecified atom stereocenters. The highest BCUT2D eigenvalue weighted by Gasteiger charge is 2.19. The molecule has 1 heterocycles. The van der Waals surface area contributed by atoms with Crippen molar-refractivity contribution in [3.05, 3.63) is 34.8 Å². The van der Waals surface area contributed by atoms with Crippen LogP contribution < -0.4 is 0 Å². The maximum absolute atomic E-state index is 8.80. The molecule has 0 atom stereocenters. The highest BCUT2D eigenvalue weighted by Crippen LogP contribution is 2.36. The molecule has 0 amide bonds. The summed E-state index contributed by atoms with van der Waals surface area (Å²) in [5.74, 6) is 0.610. The largest absolute Gasteiger partial charge is 0.192 e. The number of hydrogen-bond donors (Lipinski definition) is 0. The second-order valence-corrected chi connectivity index (χ2v) is 5.98. The summed E-state index contributed by atoms with van der Waals surface area (Å²) < 4.78 is 0. The Morgan fingerprint density at radius 2 is 1.79 bits per heavy atom. The summed E-state index contributed by atoms with van der Waals surface area (Å²) in [6.45, 7) is 0. The van der Waals surface area contributed by atoms with Crippen LogP contribution in [0.2, 0.25) is 0 Å². The first kappa shape index (κ1) is 12.3. The van der Waals surface area contributed by atoms with Crippen LogP contribution in [0.3, 0.4) is 0 Å². The second-order valence-electron chi connectivity index (χ2n) is 4.97. The standard InChI is InChI=1S/C15H15N3S/c16-10-11-6-8-13(9-7-11)15-18-17-14(19-15)12-4-2-1-3-5-12/h6-9,12H,1-5H2. The number of aromatic nitrogens is 2. The first-order valence-corrected chi connectivity index (χ1v) is 7.52. The van der Waals surface area contributed by atoms with Crippen LogP contribution in [0.15, 0.2) is 24.3 Å². The zero-order valence-corrected chi connectivity index (χ0v) is 11.5. The molecule has 0 bridgehead atoms. The summed E-state index contributed by atoms with van der Waals surface area (Å²) in [5.41, 5.74) is 1.74. The Kier molecular flexibility index (Phi) is 3.56. The normalized spacial score (nSPS) is 16.2. The van der Waals surface area contributed by atoms with E-state index < -0.39 is 0 Å². The van der Waals surface area contributed by atoms with Gasteiger partial charge >= 0.3 is 0 Å². The van der Waals surface area contributed by atoms with E-state index in [9.17, 15) is 0 Å². The molecule has 4 heteroatoms. The minimum absolute atomic E-state index is 0.610. The number of rotatable bonds is 2. The third-order valence-corrected chi connectivity index (χ3v) is 4.79. The molecule has 0 saturated heterocycles. The fourth-order valence-electron chi connectivity index (χ4n) is 2.55. The number of hydrogen-bond acceptors (Lipinski definition) is 4. The highest BCUT2D eigenvalue weighted by molar-refractivity contribution is 7.14. The topological polar surface area (TPSA) is 49.6 Å². The van der Waals surface area contributed by atoms with Gasteiger partial charge in [-0.3, -0.25) is 0 Å². The monoisotopic (exact) mass is 269 g/mol. The van der Waals surface area contributed by atoms with E-state index in [1.54, 1.807) is 11.3 Å². The lowest BCUT2D eigenvalue weighted by molar-refractivity contribution is 0.440. The molecule has 1 saturated carbocycles. The van der Waals surface area contributed by atoms with Gasteiger partial charge in [-0.1, -0.05) is 42.7 Å². The molecule has 1 aromatic carbocycles. The number of nitriles is 1. The molecule has 2 aromatic rings. The van der Waals surface area contributed by atoms with Crippen LogP contribution in [-0.4, -0.2) is 10.2 Å². The molecule has 1 aliphatic carbocycles. The van der Waals surface area contributed by atoms with Gasteiger partial charge < -0.3 is 0 Å². The second kappa shape index (κ2) is 5.50. The molecule has 0 spiro atoms. The molecular weight excluding hydrogens is 254 g/mol. The predicted octanol–water partition coefficient (Wildman–Crippen LogP) is 4.12. The van der Waals surface area contributed by atoms with Crippen molar-refractivity contribution in [1.82, 2.24) is 10.2 Å². The number of nitrogens with zero attached hydrogens (tertiary/aromatic N) is 3. The Bertz CT molecular complexity index is 589. The Hall–Kier alpha value is -1.73. The van der Waals surface area contributed by atoms with E-state index >= 15 is 0 Å². The zero-order valence-electron chi connectivity index (χ0n) is 10.7. The van der Waals surface area contributed by atoms with Gasteiger partial charge in [-0.2, -0.15) is 5.26 Å². The average molecular weight is 269 g/mol. The molecule has 96 valence electrons. The van der Waals surface area contributed by atoms with Gasteiger partial charge in [-0.05, 0) is 25.0 Å². The minimum atomic E-state index is 0.610. The van der Waals surface area contributed by atoms with Crippen molar-refractivity contribution < 1.29 is 0 Å². The molecule has 3 rings (SSSR count). The molecule has 0 radical (unpaired) electrons. The van der Waals surface area contributed by atoms with Gasteiger partial charge in [0.25, 0.3) is 0 Å². The van der Waals surface area contributed by atoms with E-state index in [0.29, 0.717) is 11.5 Å². The van der Waals surface area contributed by atoms with E-state index in [4.69, 9.17) is 5.26 Å². The summed E-state index contributed by atoms with van der Waals surface area (Å²) in [7, 11) is 0. The van der Waals surface area contributed by atoms with Gasteiger partial charge in [0.05, 0.1) is 11.6 Å². The minimum Gasteiger partial charge on any atom is -0.192 e. The van der Waals surface area contributed by atoms with E-state index in [-0.39, 0.29) is 0 Å². The van der Waals surface area contributed by atoms with Gasteiger partial charge in [-0.25, -0.2) is 0 Å². The summed E-state index contributed by atoms with van der Waals surface area (Å²) in [6.07, 6.45) is 6.49. The van der Waals surface area contributed by atoms with Crippen LogP contribution in [0.5, 0.6) is 0 Å². The van der Waals surface area contributed by atoms with Gasteiger partial charge in [0.15, 0.2) is 0 Å². The molecule has 3 nitrogen and oxygen atoms in total. The lowest BCUT2D eigenvalue weighted by atomic mass is 9.90. The summed E-state index contributed by atoms with van der Waals surface area (Å²) in [5, 5.41) is 19.6. The lowest BCUT2D eigenvalue weighted by Crippen LogP contribution is -2.03. The Balaban J connectivity index is 1.81. The van der Waals surface area contributed by atoms with Crippen molar-refractivity contribution in [2.45, 2.75) is 38.0 Å². The molecule has 19 heavy (non-hydrogen) atoms. The Morgan fingerprint density at radius 1 is 1.05 bits per heavy atom.